The van der Waals surface area contributed by atoms with Gasteiger partial charge in [-0.05, 0) is 36.8 Å². The second kappa shape index (κ2) is 8.53. The maximum Gasteiger partial charge on any atom is 0.326 e. The van der Waals surface area contributed by atoms with E-state index in [-0.39, 0.29) is 11.7 Å². The molecule has 170 valence electrons. The number of imide groups is 1. The molecule has 33 heavy (non-hydrogen) atoms. The molecule has 4 N–H and O–H groups in total. The van der Waals surface area contributed by atoms with Gasteiger partial charge in [-0.3, -0.25) is 10.1 Å². The van der Waals surface area contributed by atoms with Crippen LogP contribution < -0.4 is 21.3 Å². The molecule has 3 amide bonds. The van der Waals surface area contributed by atoms with Crippen molar-refractivity contribution in [3.63, 3.8) is 0 Å². The number of carbonyl (C=O) groups excluding carboxylic acids is 2. The van der Waals surface area contributed by atoms with Crippen LogP contribution in [0.4, 0.5) is 16.7 Å². The lowest BCUT2D eigenvalue weighted by molar-refractivity contribution is -0.115. The lowest BCUT2D eigenvalue weighted by Gasteiger charge is -2.21. The molecular weight excluding hydrogens is 420 g/mol. The van der Waals surface area contributed by atoms with Crippen LogP contribution in [0.5, 0.6) is 0 Å². The minimum atomic E-state index is -0.546. The molecule has 10 heteroatoms. The van der Waals surface area contributed by atoms with Crippen molar-refractivity contribution >= 4 is 35.6 Å². The number of benzene rings is 1. The van der Waals surface area contributed by atoms with Gasteiger partial charge in [0.15, 0.2) is 5.65 Å². The fraction of sp³-hybridized carbons (Fsp3) is 0.348. The van der Waals surface area contributed by atoms with Gasteiger partial charge in [0, 0.05) is 11.6 Å². The number of amides is 3. The highest BCUT2D eigenvalue weighted by atomic mass is 16.2. The van der Waals surface area contributed by atoms with E-state index in [0.717, 1.165) is 24.8 Å². The summed E-state index contributed by atoms with van der Waals surface area (Å²) in [7, 11) is 0. The predicted octanol–water partition coefficient (Wildman–Crippen LogP) is 3.08. The number of nitrogens with one attached hydrogen (secondary N) is 4. The van der Waals surface area contributed by atoms with Gasteiger partial charge in [-0.15, -0.1) is 0 Å². The molecule has 1 aliphatic carbocycles. The third-order valence-electron chi connectivity index (χ3n) is 5.54. The molecule has 2 fully saturated rings. The van der Waals surface area contributed by atoms with Gasteiger partial charge < -0.3 is 16.0 Å². The normalized spacial score (nSPS) is 18.0. The molecule has 0 radical (unpaired) electrons. The highest BCUT2D eigenvalue weighted by molar-refractivity contribution is 6.14. The minimum Gasteiger partial charge on any atom is -0.351 e. The maximum absolute atomic E-state index is 12.0. The molecule has 1 aliphatic heterocycles. The van der Waals surface area contributed by atoms with Crippen LogP contribution in [0.1, 0.15) is 50.3 Å². The van der Waals surface area contributed by atoms with Gasteiger partial charge in [-0.25, -0.2) is 4.79 Å². The first-order valence-electron chi connectivity index (χ1n) is 11.1. The first kappa shape index (κ1) is 20.9. The smallest absolute Gasteiger partial charge is 0.326 e. The van der Waals surface area contributed by atoms with Crippen LogP contribution in [0, 0.1) is 5.92 Å². The molecule has 0 bridgehead atoms. The molecule has 5 rings (SSSR count). The molecule has 2 aliphatic rings. The first-order chi connectivity index (χ1) is 16.0. The maximum atomic E-state index is 12.0. The number of hydrogen-bond donors (Lipinski definition) is 4. The number of nitrogens with zero attached hydrogens (tertiary/aromatic N) is 4. The Hall–Kier alpha value is -3.95. The van der Waals surface area contributed by atoms with Crippen molar-refractivity contribution in [2.75, 3.05) is 10.6 Å². The van der Waals surface area contributed by atoms with E-state index < -0.39 is 11.9 Å². The van der Waals surface area contributed by atoms with Gasteiger partial charge in [0.05, 0.1) is 12.2 Å². The Morgan fingerprint density at radius 2 is 1.94 bits per heavy atom. The molecule has 2 aromatic heterocycles. The van der Waals surface area contributed by atoms with Gasteiger partial charge in [-0.2, -0.15) is 19.6 Å². The van der Waals surface area contributed by atoms with E-state index in [1.54, 1.807) is 16.8 Å². The molecule has 1 saturated carbocycles. The average molecular weight is 447 g/mol. The van der Waals surface area contributed by atoms with Crippen molar-refractivity contribution in [3.8, 4) is 0 Å². The summed E-state index contributed by atoms with van der Waals surface area (Å²) >= 11 is 0. The van der Waals surface area contributed by atoms with Crippen molar-refractivity contribution in [3.05, 3.63) is 53.4 Å². The van der Waals surface area contributed by atoms with Crippen LogP contribution >= 0.6 is 0 Å². The average Bonchev–Trinajstić information content (AvgIpc) is 3.42. The molecule has 3 aromatic rings. The van der Waals surface area contributed by atoms with Crippen LogP contribution in [0.2, 0.25) is 0 Å². The third-order valence-corrected chi connectivity index (χ3v) is 5.54. The van der Waals surface area contributed by atoms with Gasteiger partial charge in [0.25, 0.3) is 5.91 Å². The summed E-state index contributed by atoms with van der Waals surface area (Å²) in [6.07, 6.45) is 6.26. The minimum absolute atomic E-state index is 0.0343. The summed E-state index contributed by atoms with van der Waals surface area (Å²) < 4.78 is 1.63. The number of urea groups is 1. The standard InChI is InChI=1S/C23H26N8O2/c1-13(2)10-17(14-6-4-3-5-7-14)26-21-28-19-15(11-18-20(32)29-23(33)27-18)12-24-31(19)22(30-21)25-16-8-9-16/h3-7,11-13,16-17H,8-10H2,1-2H3,(H2,25,26,28,30)(H2,27,29,32,33)/b18-11-. The van der Waals surface area contributed by atoms with Crippen LogP contribution in [0.25, 0.3) is 11.7 Å². The highest BCUT2D eigenvalue weighted by Crippen LogP contribution is 2.28. The van der Waals surface area contributed by atoms with Crippen LogP contribution in [-0.4, -0.2) is 37.6 Å². The lowest BCUT2D eigenvalue weighted by atomic mass is 9.97. The van der Waals surface area contributed by atoms with E-state index >= 15 is 0 Å². The Kier molecular flexibility index (Phi) is 5.41. The number of anilines is 2. The lowest BCUT2D eigenvalue weighted by Crippen LogP contribution is -2.22. The van der Waals surface area contributed by atoms with Crippen molar-refractivity contribution in [1.29, 1.82) is 0 Å². The van der Waals surface area contributed by atoms with Gasteiger partial charge in [-0.1, -0.05) is 44.2 Å². The fourth-order valence-corrected chi connectivity index (χ4v) is 3.79. The predicted molar refractivity (Wildman–Crippen MR) is 124 cm³/mol. The fourth-order valence-electron chi connectivity index (χ4n) is 3.79. The quantitative estimate of drug-likeness (QED) is 0.309. The summed E-state index contributed by atoms with van der Waals surface area (Å²) in [5.41, 5.74) is 2.45. The van der Waals surface area contributed by atoms with E-state index in [9.17, 15) is 9.59 Å². The summed E-state index contributed by atoms with van der Waals surface area (Å²) in [6.45, 7) is 4.37. The molecule has 3 heterocycles. The van der Waals surface area contributed by atoms with E-state index in [0.29, 0.717) is 35.1 Å². The molecule has 10 nitrogen and oxygen atoms in total. The van der Waals surface area contributed by atoms with Crippen LogP contribution in [-0.2, 0) is 4.79 Å². The number of carbonyl (C=O) groups is 2. The van der Waals surface area contributed by atoms with Crippen molar-refractivity contribution < 1.29 is 9.59 Å². The zero-order valence-corrected chi connectivity index (χ0v) is 18.5. The summed E-state index contributed by atoms with van der Waals surface area (Å²) in [5, 5.41) is 16.1. The second-order valence-electron chi connectivity index (χ2n) is 8.83. The van der Waals surface area contributed by atoms with Gasteiger partial charge >= 0.3 is 6.03 Å². The van der Waals surface area contributed by atoms with Crippen LogP contribution in [0.3, 0.4) is 0 Å². The monoisotopic (exact) mass is 446 g/mol. The summed E-state index contributed by atoms with van der Waals surface area (Å²) in [6, 6.07) is 10.1. The van der Waals surface area contributed by atoms with Gasteiger partial charge in [0.2, 0.25) is 11.9 Å². The van der Waals surface area contributed by atoms with E-state index in [1.165, 1.54) is 0 Å². The number of rotatable bonds is 8. The molecule has 1 saturated heterocycles. The van der Waals surface area contributed by atoms with E-state index in [1.807, 2.05) is 18.2 Å². The Balaban J connectivity index is 1.54. The zero-order chi connectivity index (χ0) is 22.9. The van der Waals surface area contributed by atoms with E-state index in [2.05, 4.69) is 52.3 Å². The van der Waals surface area contributed by atoms with Crippen molar-refractivity contribution in [2.45, 2.75) is 45.2 Å². The van der Waals surface area contributed by atoms with Crippen LogP contribution in [0.15, 0.2) is 42.2 Å². The summed E-state index contributed by atoms with van der Waals surface area (Å²) in [4.78, 5) is 32.9. The summed E-state index contributed by atoms with van der Waals surface area (Å²) in [5.74, 6) is 1.05. The number of hydrogen-bond acceptors (Lipinski definition) is 7. The van der Waals surface area contributed by atoms with E-state index in [4.69, 9.17) is 9.97 Å². The second-order valence-corrected chi connectivity index (χ2v) is 8.83. The third kappa shape index (κ3) is 4.64. The Labute approximate surface area is 190 Å². The van der Waals surface area contributed by atoms with Crippen molar-refractivity contribution in [1.82, 2.24) is 30.2 Å². The zero-order valence-electron chi connectivity index (χ0n) is 18.5. The molecule has 1 atom stereocenters. The molecular formula is C23H26N8O2. The highest BCUT2D eigenvalue weighted by Gasteiger charge is 2.26. The molecule has 1 unspecified atom stereocenters. The Morgan fingerprint density at radius 1 is 1.15 bits per heavy atom. The molecule has 0 spiro atoms. The Morgan fingerprint density at radius 3 is 2.61 bits per heavy atom. The number of fused-ring (bicyclic) bond motifs is 1. The SMILES string of the molecule is CC(C)CC(Nc1nc(NC2CC2)n2ncc(/C=C3\NC(=O)NC3=O)c2n1)c1ccccc1. The topological polar surface area (TPSA) is 125 Å². The number of aromatic nitrogens is 4. The largest absolute Gasteiger partial charge is 0.351 e. The Bertz CT molecular complexity index is 1230. The first-order valence-corrected chi connectivity index (χ1v) is 11.1. The van der Waals surface area contributed by atoms with Gasteiger partial charge in [0.1, 0.15) is 5.70 Å². The van der Waals surface area contributed by atoms with Crippen molar-refractivity contribution in [2.24, 2.45) is 5.92 Å². The molecule has 1 aromatic carbocycles.